The molecule has 1 unspecified atom stereocenters. The van der Waals surface area contributed by atoms with Crippen LogP contribution in [0.25, 0.3) is 0 Å². The normalized spacial score (nSPS) is 14.7. The van der Waals surface area contributed by atoms with Crippen LogP contribution in [0.1, 0.15) is 35.3 Å². The summed E-state index contributed by atoms with van der Waals surface area (Å²) in [5, 5.41) is 5.81. The maximum absolute atomic E-state index is 12.6. The first-order valence-electron chi connectivity index (χ1n) is 7.94. The number of anilines is 1. The molecule has 1 aliphatic rings. The van der Waals surface area contributed by atoms with Gasteiger partial charge in [0.25, 0.3) is 5.91 Å². The van der Waals surface area contributed by atoms with E-state index in [9.17, 15) is 9.59 Å². The fraction of sp³-hybridized carbons (Fsp3) is 0.278. The van der Waals surface area contributed by atoms with Crippen molar-refractivity contribution in [2.24, 2.45) is 0 Å². The minimum Gasteiger partial charge on any atom is -0.495 e. The van der Waals surface area contributed by atoms with Gasteiger partial charge in [0.1, 0.15) is 5.75 Å². The van der Waals surface area contributed by atoms with Crippen LogP contribution in [0.2, 0.25) is 0 Å². The standard InChI is InChI=1S/C18H19N3O3S/c1-11(13-5-7-19-10-15(13)24-2)20-18(23)12-3-4-16-14(9-12)21-17(22)6-8-25-16/h3-5,7,9-11H,6,8H2,1-2H3,(H,20,23)(H,21,22). The van der Waals surface area contributed by atoms with Crippen molar-refractivity contribution in [2.75, 3.05) is 18.2 Å². The maximum Gasteiger partial charge on any atom is 0.251 e. The number of amides is 2. The van der Waals surface area contributed by atoms with Crippen molar-refractivity contribution in [3.8, 4) is 5.75 Å². The Morgan fingerprint density at radius 2 is 2.24 bits per heavy atom. The molecular weight excluding hydrogens is 338 g/mol. The van der Waals surface area contributed by atoms with Crippen LogP contribution in [0.3, 0.4) is 0 Å². The van der Waals surface area contributed by atoms with Gasteiger partial charge in [-0.25, -0.2) is 0 Å². The Hall–Kier alpha value is -2.54. The van der Waals surface area contributed by atoms with Crippen molar-refractivity contribution in [3.63, 3.8) is 0 Å². The number of pyridine rings is 1. The third-order valence-corrected chi connectivity index (χ3v) is 5.03. The number of carbonyl (C=O) groups excluding carboxylic acids is 2. The highest BCUT2D eigenvalue weighted by Gasteiger charge is 2.18. The summed E-state index contributed by atoms with van der Waals surface area (Å²) in [7, 11) is 1.57. The zero-order valence-electron chi connectivity index (χ0n) is 14.0. The molecule has 0 saturated heterocycles. The second-order valence-electron chi connectivity index (χ2n) is 5.67. The van der Waals surface area contributed by atoms with Crippen LogP contribution < -0.4 is 15.4 Å². The molecule has 130 valence electrons. The third kappa shape index (κ3) is 3.93. The highest BCUT2D eigenvalue weighted by molar-refractivity contribution is 7.99. The van der Waals surface area contributed by atoms with E-state index in [1.54, 1.807) is 43.4 Å². The summed E-state index contributed by atoms with van der Waals surface area (Å²) in [6, 6.07) is 6.94. The Morgan fingerprint density at radius 3 is 3.04 bits per heavy atom. The highest BCUT2D eigenvalue weighted by Crippen LogP contribution is 2.31. The molecule has 25 heavy (non-hydrogen) atoms. The molecule has 2 amide bonds. The lowest BCUT2D eigenvalue weighted by atomic mass is 10.1. The van der Waals surface area contributed by atoms with Crippen LogP contribution in [0.5, 0.6) is 5.75 Å². The van der Waals surface area contributed by atoms with Crippen LogP contribution in [0.15, 0.2) is 41.6 Å². The molecule has 0 saturated carbocycles. The van der Waals surface area contributed by atoms with Gasteiger partial charge in [0.05, 0.1) is 25.0 Å². The van der Waals surface area contributed by atoms with Crippen molar-refractivity contribution in [2.45, 2.75) is 24.3 Å². The van der Waals surface area contributed by atoms with Crippen molar-refractivity contribution in [1.29, 1.82) is 0 Å². The summed E-state index contributed by atoms with van der Waals surface area (Å²) >= 11 is 1.61. The minimum atomic E-state index is -0.242. The van der Waals surface area contributed by atoms with Crippen LogP contribution in [0, 0.1) is 0 Å². The van der Waals surface area contributed by atoms with Crippen LogP contribution in [0.4, 0.5) is 5.69 Å². The topological polar surface area (TPSA) is 80.3 Å². The van der Waals surface area contributed by atoms with Crippen LogP contribution >= 0.6 is 11.8 Å². The molecule has 7 heteroatoms. The molecule has 2 heterocycles. The molecule has 2 N–H and O–H groups in total. The van der Waals surface area contributed by atoms with E-state index in [0.29, 0.717) is 23.4 Å². The average Bonchev–Trinajstić information content (AvgIpc) is 2.81. The number of fused-ring (bicyclic) bond motifs is 1. The predicted octanol–water partition coefficient (Wildman–Crippen LogP) is 3.02. The zero-order valence-corrected chi connectivity index (χ0v) is 14.9. The molecule has 1 aliphatic heterocycles. The first-order valence-corrected chi connectivity index (χ1v) is 8.92. The van der Waals surface area contributed by atoms with Gasteiger partial charge < -0.3 is 15.4 Å². The lowest BCUT2D eigenvalue weighted by molar-refractivity contribution is -0.115. The smallest absolute Gasteiger partial charge is 0.251 e. The van der Waals surface area contributed by atoms with Crippen molar-refractivity contribution < 1.29 is 14.3 Å². The molecule has 1 aromatic heterocycles. The van der Waals surface area contributed by atoms with Gasteiger partial charge >= 0.3 is 0 Å². The fourth-order valence-corrected chi connectivity index (χ4v) is 3.57. The third-order valence-electron chi connectivity index (χ3n) is 3.95. The Balaban J connectivity index is 1.78. The molecule has 2 aromatic rings. The SMILES string of the molecule is COc1cnccc1C(C)NC(=O)c1ccc2c(c1)NC(=O)CCS2. The Morgan fingerprint density at radius 1 is 1.40 bits per heavy atom. The number of carbonyl (C=O) groups is 2. The minimum absolute atomic E-state index is 0.0290. The van der Waals surface area contributed by atoms with E-state index in [1.807, 2.05) is 19.1 Å². The van der Waals surface area contributed by atoms with E-state index < -0.39 is 0 Å². The molecule has 1 atom stereocenters. The molecular formula is C18H19N3O3S. The zero-order chi connectivity index (χ0) is 17.8. The van der Waals surface area contributed by atoms with Gasteiger partial charge in [-0.1, -0.05) is 0 Å². The molecule has 1 aromatic carbocycles. The van der Waals surface area contributed by atoms with Crippen molar-refractivity contribution in [1.82, 2.24) is 10.3 Å². The number of nitrogens with zero attached hydrogens (tertiary/aromatic N) is 1. The van der Waals surface area contributed by atoms with Gasteiger partial charge in [0.2, 0.25) is 5.91 Å². The molecule has 6 nitrogen and oxygen atoms in total. The summed E-state index contributed by atoms with van der Waals surface area (Å²) in [6.45, 7) is 1.89. The molecule has 0 bridgehead atoms. The number of benzene rings is 1. The average molecular weight is 357 g/mol. The Labute approximate surface area is 150 Å². The van der Waals surface area contributed by atoms with E-state index in [-0.39, 0.29) is 17.9 Å². The van der Waals surface area contributed by atoms with E-state index in [1.165, 1.54) is 0 Å². The summed E-state index contributed by atoms with van der Waals surface area (Å²) in [5.41, 5.74) is 2.04. The number of thioether (sulfide) groups is 1. The van der Waals surface area contributed by atoms with Gasteiger partial charge in [-0.15, -0.1) is 11.8 Å². The Kier molecular flexibility index (Phi) is 5.23. The summed E-state index contributed by atoms with van der Waals surface area (Å²) < 4.78 is 5.29. The quantitative estimate of drug-likeness (QED) is 0.879. The lowest BCUT2D eigenvalue weighted by Crippen LogP contribution is -2.27. The van der Waals surface area contributed by atoms with E-state index in [0.717, 1.165) is 16.2 Å². The number of hydrogen-bond donors (Lipinski definition) is 2. The van der Waals surface area contributed by atoms with Gasteiger partial charge in [-0.05, 0) is 31.2 Å². The highest BCUT2D eigenvalue weighted by atomic mass is 32.2. The molecule has 0 fully saturated rings. The number of methoxy groups -OCH3 is 1. The monoisotopic (exact) mass is 357 g/mol. The number of ether oxygens (including phenoxy) is 1. The van der Waals surface area contributed by atoms with Crippen LogP contribution in [-0.4, -0.2) is 29.7 Å². The van der Waals surface area contributed by atoms with Gasteiger partial charge in [-0.2, -0.15) is 0 Å². The number of aromatic nitrogens is 1. The molecule has 0 radical (unpaired) electrons. The first kappa shape index (κ1) is 17.3. The van der Waals surface area contributed by atoms with Gasteiger partial charge in [0, 0.05) is 34.4 Å². The van der Waals surface area contributed by atoms with E-state index in [2.05, 4.69) is 15.6 Å². The van der Waals surface area contributed by atoms with E-state index >= 15 is 0 Å². The summed E-state index contributed by atoms with van der Waals surface area (Å²) in [4.78, 5) is 29.3. The molecule has 3 rings (SSSR count). The molecule has 0 aliphatic carbocycles. The maximum atomic E-state index is 12.6. The van der Waals surface area contributed by atoms with E-state index in [4.69, 9.17) is 4.74 Å². The predicted molar refractivity (Wildman–Crippen MR) is 97.1 cm³/mol. The summed E-state index contributed by atoms with van der Waals surface area (Å²) in [6.07, 6.45) is 3.75. The first-order chi connectivity index (χ1) is 12.1. The lowest BCUT2D eigenvalue weighted by Gasteiger charge is -2.17. The largest absolute Gasteiger partial charge is 0.495 e. The Bertz CT molecular complexity index is 810. The van der Waals surface area contributed by atoms with Crippen molar-refractivity contribution >= 4 is 29.3 Å². The van der Waals surface area contributed by atoms with Gasteiger partial charge in [-0.3, -0.25) is 14.6 Å². The van der Waals surface area contributed by atoms with Crippen LogP contribution in [-0.2, 0) is 4.79 Å². The summed E-state index contributed by atoms with van der Waals surface area (Å²) in [5.74, 6) is 1.13. The number of hydrogen-bond acceptors (Lipinski definition) is 5. The number of nitrogens with one attached hydrogen (secondary N) is 2. The molecule has 0 spiro atoms. The second kappa shape index (κ2) is 7.57. The fourth-order valence-electron chi connectivity index (χ4n) is 2.64. The second-order valence-corrected chi connectivity index (χ2v) is 6.81. The number of rotatable bonds is 4. The van der Waals surface area contributed by atoms with Crippen molar-refractivity contribution in [3.05, 3.63) is 47.8 Å². The van der Waals surface area contributed by atoms with Gasteiger partial charge in [0.15, 0.2) is 0 Å².